The van der Waals surface area contributed by atoms with E-state index in [1.807, 2.05) is 0 Å². The Labute approximate surface area is 115 Å². The molecule has 20 heavy (non-hydrogen) atoms. The second kappa shape index (κ2) is 4.34. The van der Waals surface area contributed by atoms with Gasteiger partial charge < -0.3 is 10.1 Å². The molecular formula is C13H18F3NO3. The zero-order valence-corrected chi connectivity index (χ0v) is 11.3. The van der Waals surface area contributed by atoms with Crippen LogP contribution in [0.2, 0.25) is 0 Å². The maximum absolute atomic E-state index is 11.9. The Kier molecular flexibility index (Phi) is 3.06. The van der Waals surface area contributed by atoms with Gasteiger partial charge in [-0.15, -0.1) is 13.2 Å². The van der Waals surface area contributed by atoms with Crippen LogP contribution in [0, 0.1) is 5.41 Å². The summed E-state index contributed by atoms with van der Waals surface area (Å²) < 4.78 is 44.9. The van der Waals surface area contributed by atoms with Gasteiger partial charge in [-0.3, -0.25) is 9.53 Å². The summed E-state index contributed by atoms with van der Waals surface area (Å²) in [6.45, 7) is 2.12. The summed E-state index contributed by atoms with van der Waals surface area (Å²) in [6.07, 6.45) is -2.28. The number of carbonyl (C=O) groups is 1. The average Bonchev–Trinajstić information content (AvgIpc) is 2.15. The van der Waals surface area contributed by atoms with Gasteiger partial charge >= 0.3 is 6.36 Å². The second-order valence-corrected chi connectivity index (χ2v) is 6.76. The number of halogens is 3. The molecular weight excluding hydrogens is 275 g/mol. The Morgan fingerprint density at radius 1 is 1.25 bits per heavy atom. The molecule has 4 fully saturated rings. The number of amides is 1. The van der Waals surface area contributed by atoms with Crippen LogP contribution in [0.15, 0.2) is 0 Å². The average molecular weight is 293 g/mol. The van der Waals surface area contributed by atoms with Crippen molar-refractivity contribution in [1.29, 1.82) is 0 Å². The molecule has 0 aromatic carbocycles. The first kappa shape index (κ1) is 14.1. The second-order valence-electron chi connectivity index (χ2n) is 6.76. The van der Waals surface area contributed by atoms with Crippen molar-refractivity contribution in [1.82, 2.24) is 5.32 Å². The fraction of sp³-hybridized carbons (Fsp3) is 0.923. The van der Waals surface area contributed by atoms with Crippen LogP contribution in [0.4, 0.5) is 13.2 Å². The number of alkyl halides is 3. The van der Waals surface area contributed by atoms with E-state index in [2.05, 4.69) is 17.0 Å². The van der Waals surface area contributed by atoms with E-state index < -0.39 is 12.5 Å². The van der Waals surface area contributed by atoms with Crippen LogP contribution in [-0.4, -0.2) is 36.6 Å². The van der Waals surface area contributed by atoms with Crippen LogP contribution in [0.5, 0.6) is 0 Å². The number of hydrogen-bond donors (Lipinski definition) is 1. The van der Waals surface area contributed by atoms with Crippen molar-refractivity contribution in [3.8, 4) is 0 Å². The standard InChI is InChI=1S/C13H18F3NO3/c1-11-5-12(6-11,7-11)17-10(18)4-19-8-2-9(3-8)20-13(14,15)16/h8-9H,2-7H2,1H3,(H,17,18). The van der Waals surface area contributed by atoms with E-state index in [9.17, 15) is 18.0 Å². The molecule has 1 N–H and O–H groups in total. The highest BCUT2D eigenvalue weighted by Crippen LogP contribution is 2.66. The number of ether oxygens (including phenoxy) is 2. The number of carbonyl (C=O) groups excluding carboxylic acids is 1. The largest absolute Gasteiger partial charge is 0.522 e. The van der Waals surface area contributed by atoms with E-state index in [1.54, 1.807) is 0 Å². The molecule has 0 heterocycles. The minimum atomic E-state index is -4.59. The monoisotopic (exact) mass is 293 g/mol. The van der Waals surface area contributed by atoms with E-state index in [1.165, 1.54) is 0 Å². The molecule has 1 amide bonds. The van der Waals surface area contributed by atoms with Gasteiger partial charge in [-0.05, 0) is 24.7 Å². The summed E-state index contributed by atoms with van der Waals surface area (Å²) >= 11 is 0. The number of nitrogens with one attached hydrogen (secondary N) is 1. The smallest absolute Gasteiger partial charge is 0.368 e. The topological polar surface area (TPSA) is 47.6 Å². The summed E-state index contributed by atoms with van der Waals surface area (Å²) in [6, 6.07) is 0. The molecule has 0 radical (unpaired) electrons. The van der Waals surface area contributed by atoms with Gasteiger partial charge in [0, 0.05) is 18.4 Å². The minimum Gasteiger partial charge on any atom is -0.368 e. The maximum atomic E-state index is 11.9. The highest BCUT2D eigenvalue weighted by atomic mass is 19.4. The van der Waals surface area contributed by atoms with Crippen LogP contribution in [0.3, 0.4) is 0 Å². The Morgan fingerprint density at radius 2 is 1.85 bits per heavy atom. The zero-order valence-electron chi connectivity index (χ0n) is 11.3. The third-order valence-electron chi connectivity index (χ3n) is 4.50. The quantitative estimate of drug-likeness (QED) is 0.844. The van der Waals surface area contributed by atoms with Crippen molar-refractivity contribution in [3.05, 3.63) is 0 Å². The molecule has 4 aliphatic rings. The molecule has 114 valence electrons. The van der Waals surface area contributed by atoms with Gasteiger partial charge in [-0.1, -0.05) is 6.92 Å². The molecule has 7 heteroatoms. The van der Waals surface area contributed by atoms with Crippen molar-refractivity contribution < 1.29 is 27.4 Å². The first-order valence-electron chi connectivity index (χ1n) is 6.84. The normalized spacial score (nSPS) is 42.2. The van der Waals surface area contributed by atoms with E-state index in [4.69, 9.17) is 4.74 Å². The Bertz CT molecular complexity index is 398. The van der Waals surface area contributed by atoms with Crippen LogP contribution in [0.1, 0.15) is 39.0 Å². The summed E-state index contributed by atoms with van der Waals surface area (Å²) in [7, 11) is 0. The van der Waals surface area contributed by atoms with Crippen molar-refractivity contribution in [2.45, 2.75) is 63.1 Å². The highest BCUT2D eigenvalue weighted by Gasteiger charge is 2.65. The fourth-order valence-electron chi connectivity index (χ4n) is 3.89. The summed E-state index contributed by atoms with van der Waals surface area (Å²) in [4.78, 5) is 11.7. The van der Waals surface area contributed by atoms with Crippen molar-refractivity contribution >= 4 is 5.91 Å². The Morgan fingerprint density at radius 3 is 2.35 bits per heavy atom. The highest BCUT2D eigenvalue weighted by molar-refractivity contribution is 5.78. The molecule has 0 aromatic heterocycles. The number of hydrogen-bond acceptors (Lipinski definition) is 3. The Hall–Kier alpha value is -0.820. The molecule has 0 spiro atoms. The zero-order chi connectivity index (χ0) is 14.6. The van der Waals surface area contributed by atoms with Gasteiger partial charge in [0.25, 0.3) is 0 Å². The molecule has 4 nitrogen and oxygen atoms in total. The lowest BCUT2D eigenvalue weighted by Gasteiger charge is -2.69. The van der Waals surface area contributed by atoms with Gasteiger partial charge in [-0.2, -0.15) is 0 Å². The third kappa shape index (κ3) is 2.79. The van der Waals surface area contributed by atoms with Gasteiger partial charge in [0.05, 0.1) is 12.2 Å². The molecule has 0 atom stereocenters. The summed E-state index contributed by atoms with van der Waals surface area (Å²) in [5, 5.41) is 2.96. The predicted octanol–water partition coefficient (Wildman–Crippen LogP) is 2.13. The van der Waals surface area contributed by atoms with Gasteiger partial charge in [0.1, 0.15) is 6.61 Å². The van der Waals surface area contributed by atoms with Crippen molar-refractivity contribution in [2.75, 3.05) is 6.61 Å². The van der Waals surface area contributed by atoms with E-state index >= 15 is 0 Å². The lowest BCUT2D eigenvalue weighted by atomic mass is 9.40. The SMILES string of the molecule is CC12CC(NC(=O)COC3CC(OC(F)(F)F)C3)(C1)C2. The molecule has 0 aliphatic heterocycles. The third-order valence-corrected chi connectivity index (χ3v) is 4.50. The van der Waals surface area contributed by atoms with E-state index in [-0.39, 0.29) is 37.0 Å². The molecule has 0 aromatic rings. The molecule has 4 aliphatic carbocycles. The molecule has 0 saturated heterocycles. The first-order valence-corrected chi connectivity index (χ1v) is 6.84. The molecule has 4 saturated carbocycles. The van der Waals surface area contributed by atoms with Crippen molar-refractivity contribution in [3.63, 3.8) is 0 Å². The minimum absolute atomic E-state index is 0.0171. The van der Waals surface area contributed by atoms with Crippen LogP contribution < -0.4 is 5.32 Å². The Balaban J connectivity index is 1.29. The maximum Gasteiger partial charge on any atom is 0.522 e. The first-order chi connectivity index (χ1) is 9.17. The lowest BCUT2D eigenvalue weighted by molar-refractivity contribution is -0.357. The summed E-state index contributed by atoms with van der Waals surface area (Å²) in [5.41, 5.74) is 0.404. The van der Waals surface area contributed by atoms with E-state index in [0.29, 0.717) is 5.41 Å². The lowest BCUT2D eigenvalue weighted by Crippen LogP contribution is -2.73. The molecule has 4 rings (SSSR count). The van der Waals surface area contributed by atoms with E-state index in [0.717, 1.165) is 19.3 Å². The van der Waals surface area contributed by atoms with Gasteiger partial charge in [0.15, 0.2) is 0 Å². The van der Waals surface area contributed by atoms with Gasteiger partial charge in [-0.25, -0.2) is 0 Å². The molecule has 0 unspecified atom stereocenters. The van der Waals surface area contributed by atoms with Crippen LogP contribution in [-0.2, 0) is 14.3 Å². The molecule has 2 bridgehead atoms. The van der Waals surface area contributed by atoms with Gasteiger partial charge in [0.2, 0.25) is 5.91 Å². The predicted molar refractivity (Wildman–Crippen MR) is 62.7 cm³/mol. The fourth-order valence-corrected chi connectivity index (χ4v) is 3.89. The summed E-state index contributed by atoms with van der Waals surface area (Å²) in [5.74, 6) is -0.174. The van der Waals surface area contributed by atoms with Crippen LogP contribution in [0.25, 0.3) is 0 Å². The number of rotatable bonds is 5. The van der Waals surface area contributed by atoms with Crippen molar-refractivity contribution in [2.24, 2.45) is 5.41 Å². The van der Waals surface area contributed by atoms with Crippen LogP contribution >= 0.6 is 0 Å².